The molecule has 10 heteroatoms. The molecule has 4 heterocycles. The van der Waals surface area contributed by atoms with E-state index < -0.39 is 11.9 Å². The average Bonchev–Trinajstić information content (AvgIpc) is 3.33. The van der Waals surface area contributed by atoms with Gasteiger partial charge < -0.3 is 10.2 Å². The summed E-state index contributed by atoms with van der Waals surface area (Å²) in [5, 5.41) is 18.7. The van der Waals surface area contributed by atoms with Crippen molar-refractivity contribution in [3.8, 4) is 0 Å². The molecule has 33 heavy (non-hydrogen) atoms. The third-order valence-electron chi connectivity index (χ3n) is 6.00. The number of amides is 3. The minimum absolute atomic E-state index is 0.180. The lowest BCUT2D eigenvalue weighted by Crippen LogP contribution is -2.52. The van der Waals surface area contributed by atoms with Crippen LogP contribution in [0.25, 0.3) is 5.65 Å². The fraction of sp³-hybridized carbons (Fsp3) is 0.391. The van der Waals surface area contributed by atoms with E-state index in [0.717, 1.165) is 17.0 Å². The summed E-state index contributed by atoms with van der Waals surface area (Å²) in [6.45, 7) is 7.03. The van der Waals surface area contributed by atoms with Crippen LogP contribution < -0.4 is 10.6 Å². The zero-order chi connectivity index (χ0) is 23.3. The number of anilines is 1. The number of carbonyl (C=O) groups is 3. The van der Waals surface area contributed by atoms with Gasteiger partial charge in [-0.2, -0.15) is 4.52 Å². The predicted octanol–water partition coefficient (Wildman–Crippen LogP) is 1.79. The molecule has 1 atom stereocenters. The standard InChI is InChI=1S/C23H25N7O3/c1-23(2,3)22-27-26-18-8-7-17(28-30(18)22)24-11-13-4-5-14-12-29(21(33)15(14)10-13)16-6-9-19(31)25-20(16)32/h4-5,7-8,10,16H,6,9,11-12H2,1-3H3,(H,24,28)(H,25,31,32). The molecule has 0 spiro atoms. The molecular formula is C23H25N7O3. The van der Waals surface area contributed by atoms with E-state index >= 15 is 0 Å². The van der Waals surface area contributed by atoms with Crippen LogP contribution in [0, 0.1) is 0 Å². The van der Waals surface area contributed by atoms with Crippen molar-refractivity contribution in [1.29, 1.82) is 0 Å². The molecule has 0 aliphatic carbocycles. The SMILES string of the molecule is CC(C)(C)c1nnc2ccc(NCc3ccc4c(c3)C(=O)N(C3CCC(=O)NC3=O)C4)nn12. The first-order chi connectivity index (χ1) is 15.7. The Morgan fingerprint density at radius 2 is 1.94 bits per heavy atom. The lowest BCUT2D eigenvalue weighted by molar-refractivity contribution is -0.136. The molecule has 10 nitrogen and oxygen atoms in total. The topological polar surface area (TPSA) is 122 Å². The van der Waals surface area contributed by atoms with Crippen molar-refractivity contribution in [1.82, 2.24) is 30.0 Å². The minimum Gasteiger partial charge on any atom is -0.365 e. The summed E-state index contributed by atoms with van der Waals surface area (Å²) in [5.74, 6) is 0.573. The normalized spacial score (nSPS) is 18.6. The summed E-state index contributed by atoms with van der Waals surface area (Å²) >= 11 is 0. The van der Waals surface area contributed by atoms with Crippen LogP contribution in [0.1, 0.15) is 60.9 Å². The number of aromatic nitrogens is 4. The zero-order valence-corrected chi connectivity index (χ0v) is 18.8. The number of rotatable bonds is 4. The fourth-order valence-electron chi connectivity index (χ4n) is 4.26. The smallest absolute Gasteiger partial charge is 0.255 e. The van der Waals surface area contributed by atoms with Crippen molar-refractivity contribution in [2.24, 2.45) is 0 Å². The fourth-order valence-corrected chi connectivity index (χ4v) is 4.26. The van der Waals surface area contributed by atoms with Gasteiger partial charge in [-0.1, -0.05) is 32.9 Å². The zero-order valence-electron chi connectivity index (χ0n) is 18.8. The number of benzene rings is 1. The first-order valence-electron chi connectivity index (χ1n) is 10.9. The molecule has 3 aromatic rings. The maximum atomic E-state index is 13.0. The van der Waals surface area contributed by atoms with Gasteiger partial charge in [0.1, 0.15) is 11.9 Å². The van der Waals surface area contributed by atoms with Gasteiger partial charge in [-0.3, -0.25) is 19.7 Å². The summed E-state index contributed by atoms with van der Waals surface area (Å²) in [5.41, 5.74) is 2.89. The van der Waals surface area contributed by atoms with Crippen molar-refractivity contribution < 1.29 is 14.4 Å². The largest absolute Gasteiger partial charge is 0.365 e. The molecule has 1 fully saturated rings. The Morgan fingerprint density at radius 3 is 2.70 bits per heavy atom. The Morgan fingerprint density at radius 1 is 1.12 bits per heavy atom. The number of fused-ring (bicyclic) bond motifs is 2. The van der Waals surface area contributed by atoms with E-state index in [1.807, 2.05) is 30.3 Å². The first kappa shape index (κ1) is 21.0. The Kier molecular flexibility index (Phi) is 4.88. The second-order valence-electron chi connectivity index (χ2n) is 9.51. The number of imide groups is 1. The van der Waals surface area contributed by atoms with Gasteiger partial charge in [0.15, 0.2) is 11.5 Å². The summed E-state index contributed by atoms with van der Waals surface area (Å²) in [4.78, 5) is 38.2. The van der Waals surface area contributed by atoms with Crippen LogP contribution in [0.3, 0.4) is 0 Å². The lowest BCUT2D eigenvalue weighted by atomic mass is 9.96. The second-order valence-corrected chi connectivity index (χ2v) is 9.51. The maximum Gasteiger partial charge on any atom is 0.255 e. The molecule has 2 aromatic heterocycles. The van der Waals surface area contributed by atoms with Crippen LogP contribution in [0.2, 0.25) is 0 Å². The third-order valence-corrected chi connectivity index (χ3v) is 6.00. The number of piperidine rings is 1. The Bertz CT molecular complexity index is 1290. The summed E-state index contributed by atoms with van der Waals surface area (Å²) in [6, 6.07) is 8.84. The van der Waals surface area contributed by atoms with Crippen LogP contribution in [0.4, 0.5) is 5.82 Å². The Hall–Kier alpha value is -3.82. The molecule has 170 valence electrons. The summed E-state index contributed by atoms with van der Waals surface area (Å²) in [6.07, 6.45) is 0.596. The van der Waals surface area contributed by atoms with Gasteiger partial charge in [-0.25, -0.2) is 0 Å². The van der Waals surface area contributed by atoms with Crippen molar-refractivity contribution in [2.75, 3.05) is 5.32 Å². The molecule has 1 saturated heterocycles. The van der Waals surface area contributed by atoms with Gasteiger partial charge in [0.25, 0.3) is 5.91 Å². The summed E-state index contributed by atoms with van der Waals surface area (Å²) in [7, 11) is 0. The maximum absolute atomic E-state index is 13.0. The van der Waals surface area contributed by atoms with E-state index in [1.54, 1.807) is 9.42 Å². The Labute approximate surface area is 190 Å². The third kappa shape index (κ3) is 3.81. The van der Waals surface area contributed by atoms with Gasteiger partial charge in [0.2, 0.25) is 11.8 Å². The van der Waals surface area contributed by atoms with Gasteiger partial charge in [0, 0.05) is 30.5 Å². The van der Waals surface area contributed by atoms with E-state index in [1.165, 1.54) is 0 Å². The second kappa shape index (κ2) is 7.65. The van der Waals surface area contributed by atoms with Crippen LogP contribution in [0.5, 0.6) is 0 Å². The van der Waals surface area contributed by atoms with Gasteiger partial charge in [-0.15, -0.1) is 15.3 Å². The highest BCUT2D eigenvalue weighted by atomic mass is 16.2. The number of hydrogen-bond donors (Lipinski definition) is 2. The molecule has 5 rings (SSSR count). The van der Waals surface area contributed by atoms with Gasteiger partial charge in [-0.05, 0) is 35.7 Å². The van der Waals surface area contributed by atoms with Crippen molar-refractivity contribution in [3.05, 3.63) is 52.8 Å². The average molecular weight is 447 g/mol. The van der Waals surface area contributed by atoms with Crippen LogP contribution in [-0.2, 0) is 28.1 Å². The predicted molar refractivity (Wildman–Crippen MR) is 119 cm³/mol. The number of nitrogens with zero attached hydrogens (tertiary/aromatic N) is 5. The molecule has 2 aliphatic rings. The summed E-state index contributed by atoms with van der Waals surface area (Å²) < 4.78 is 1.74. The number of nitrogens with one attached hydrogen (secondary N) is 2. The molecular weight excluding hydrogens is 422 g/mol. The quantitative estimate of drug-likeness (QED) is 0.585. The number of hydrogen-bond acceptors (Lipinski definition) is 7. The molecule has 1 aromatic carbocycles. The molecule has 0 saturated carbocycles. The van der Waals surface area contributed by atoms with Crippen LogP contribution in [-0.4, -0.2) is 48.5 Å². The van der Waals surface area contributed by atoms with Crippen molar-refractivity contribution in [2.45, 2.75) is 58.2 Å². The molecule has 2 aliphatic heterocycles. The van der Waals surface area contributed by atoms with Gasteiger partial charge >= 0.3 is 0 Å². The molecule has 2 N–H and O–H groups in total. The Balaban J connectivity index is 1.31. The highest BCUT2D eigenvalue weighted by molar-refractivity contribution is 6.05. The highest BCUT2D eigenvalue weighted by Gasteiger charge is 2.39. The van der Waals surface area contributed by atoms with E-state index in [2.05, 4.69) is 46.7 Å². The van der Waals surface area contributed by atoms with Crippen LogP contribution >= 0.6 is 0 Å². The van der Waals surface area contributed by atoms with E-state index in [4.69, 9.17) is 0 Å². The first-order valence-corrected chi connectivity index (χ1v) is 10.9. The van der Waals surface area contributed by atoms with E-state index in [-0.39, 0.29) is 23.7 Å². The van der Waals surface area contributed by atoms with Gasteiger partial charge in [0.05, 0.1) is 0 Å². The minimum atomic E-state index is -0.610. The van der Waals surface area contributed by atoms with Crippen molar-refractivity contribution in [3.63, 3.8) is 0 Å². The molecule has 3 amide bonds. The van der Waals surface area contributed by atoms with Crippen LogP contribution in [0.15, 0.2) is 30.3 Å². The molecule has 0 bridgehead atoms. The monoisotopic (exact) mass is 447 g/mol. The molecule has 0 radical (unpaired) electrons. The highest BCUT2D eigenvalue weighted by Crippen LogP contribution is 2.28. The lowest BCUT2D eigenvalue weighted by Gasteiger charge is -2.29. The molecule has 1 unspecified atom stereocenters. The van der Waals surface area contributed by atoms with E-state index in [9.17, 15) is 14.4 Å². The number of carbonyl (C=O) groups excluding carboxylic acids is 3. The van der Waals surface area contributed by atoms with Crippen molar-refractivity contribution >= 4 is 29.2 Å². The van der Waals surface area contributed by atoms with E-state index in [0.29, 0.717) is 36.5 Å².